The molecule has 5 nitrogen and oxygen atoms in total. The van der Waals surface area contributed by atoms with E-state index in [1.165, 1.54) is 0 Å². The minimum atomic E-state index is 0.111. The summed E-state index contributed by atoms with van der Waals surface area (Å²) in [5.74, 6) is 0.111. The maximum absolute atomic E-state index is 11.7. The summed E-state index contributed by atoms with van der Waals surface area (Å²) in [7, 11) is 2.17. The molecule has 0 radical (unpaired) electrons. The van der Waals surface area contributed by atoms with E-state index in [1.54, 1.807) is 0 Å². The third kappa shape index (κ3) is 4.23. The zero-order valence-corrected chi connectivity index (χ0v) is 12.0. The minimum Gasteiger partial charge on any atom is -0.356 e. The molecule has 2 atom stereocenters. The molecule has 0 saturated carbocycles. The summed E-state index contributed by atoms with van der Waals surface area (Å²) < 4.78 is 0. The van der Waals surface area contributed by atoms with E-state index in [2.05, 4.69) is 29.1 Å². The van der Waals surface area contributed by atoms with Crippen LogP contribution in [0.5, 0.6) is 0 Å². The van der Waals surface area contributed by atoms with Gasteiger partial charge in [-0.25, -0.2) is 0 Å². The van der Waals surface area contributed by atoms with E-state index < -0.39 is 0 Å². The van der Waals surface area contributed by atoms with Crippen molar-refractivity contribution in [2.45, 2.75) is 38.8 Å². The summed E-state index contributed by atoms with van der Waals surface area (Å²) in [6.45, 7) is 8.49. The number of hydrogen-bond acceptors (Lipinski definition) is 4. The molecular formula is C13H28N4O. The fraction of sp³-hybridized carbons (Fsp3) is 0.923. The Kier molecular flexibility index (Phi) is 6.60. The molecule has 1 rings (SSSR count). The maximum Gasteiger partial charge on any atom is 0.221 e. The van der Waals surface area contributed by atoms with Gasteiger partial charge in [-0.1, -0.05) is 6.92 Å². The van der Waals surface area contributed by atoms with Gasteiger partial charge in [0.05, 0.1) is 0 Å². The number of piperazine rings is 1. The summed E-state index contributed by atoms with van der Waals surface area (Å²) in [6.07, 6.45) is 1.66. The number of nitrogens with one attached hydrogen (secondary N) is 1. The van der Waals surface area contributed by atoms with Crippen LogP contribution in [-0.2, 0) is 4.79 Å². The summed E-state index contributed by atoms with van der Waals surface area (Å²) >= 11 is 0. The zero-order valence-electron chi connectivity index (χ0n) is 12.0. The van der Waals surface area contributed by atoms with Crippen LogP contribution in [0.15, 0.2) is 0 Å². The second kappa shape index (κ2) is 7.71. The molecule has 2 unspecified atom stereocenters. The smallest absolute Gasteiger partial charge is 0.221 e. The van der Waals surface area contributed by atoms with Crippen molar-refractivity contribution in [1.82, 2.24) is 15.1 Å². The standard InChI is InChI=1S/C13H28N4O/c1-4-11-10-17(7-6-16(11)3)12(9-14)8-13(18)15-5-2/h11-12H,4-10,14H2,1-3H3,(H,15,18). The van der Waals surface area contributed by atoms with Gasteiger partial charge in [-0.05, 0) is 20.4 Å². The third-order valence-corrected chi connectivity index (χ3v) is 3.86. The van der Waals surface area contributed by atoms with Crippen molar-refractivity contribution >= 4 is 5.91 Å². The topological polar surface area (TPSA) is 61.6 Å². The highest BCUT2D eigenvalue weighted by Gasteiger charge is 2.28. The van der Waals surface area contributed by atoms with Crippen molar-refractivity contribution < 1.29 is 4.79 Å². The minimum absolute atomic E-state index is 0.111. The summed E-state index contributed by atoms with van der Waals surface area (Å²) in [4.78, 5) is 16.4. The predicted molar refractivity (Wildman–Crippen MR) is 74.4 cm³/mol. The van der Waals surface area contributed by atoms with Gasteiger partial charge in [0.2, 0.25) is 5.91 Å². The van der Waals surface area contributed by atoms with Crippen LogP contribution in [0.25, 0.3) is 0 Å². The van der Waals surface area contributed by atoms with Crippen LogP contribution in [0.4, 0.5) is 0 Å². The molecule has 1 fully saturated rings. The first-order valence-corrected chi connectivity index (χ1v) is 7.03. The van der Waals surface area contributed by atoms with Crippen LogP contribution in [0.3, 0.4) is 0 Å². The average Bonchev–Trinajstić information content (AvgIpc) is 2.37. The first kappa shape index (κ1) is 15.4. The van der Waals surface area contributed by atoms with E-state index in [9.17, 15) is 4.79 Å². The molecule has 0 aromatic carbocycles. The normalized spacial score (nSPS) is 23.9. The lowest BCUT2D eigenvalue weighted by atomic mass is 10.1. The second-order valence-electron chi connectivity index (χ2n) is 5.08. The largest absolute Gasteiger partial charge is 0.356 e. The van der Waals surface area contributed by atoms with Gasteiger partial charge in [0.1, 0.15) is 0 Å². The first-order chi connectivity index (χ1) is 8.62. The molecule has 1 saturated heterocycles. The molecule has 3 N–H and O–H groups in total. The lowest BCUT2D eigenvalue weighted by Crippen LogP contribution is -2.56. The van der Waals surface area contributed by atoms with Crippen molar-refractivity contribution in [2.75, 3.05) is 39.8 Å². The van der Waals surface area contributed by atoms with Gasteiger partial charge in [-0.2, -0.15) is 0 Å². The Labute approximate surface area is 111 Å². The Morgan fingerprint density at radius 3 is 2.72 bits per heavy atom. The first-order valence-electron chi connectivity index (χ1n) is 7.03. The van der Waals surface area contributed by atoms with Gasteiger partial charge in [0.15, 0.2) is 0 Å². The van der Waals surface area contributed by atoms with Gasteiger partial charge >= 0.3 is 0 Å². The van der Waals surface area contributed by atoms with Crippen LogP contribution in [0.1, 0.15) is 26.7 Å². The Morgan fingerprint density at radius 1 is 1.44 bits per heavy atom. The highest BCUT2D eigenvalue weighted by Crippen LogP contribution is 2.14. The third-order valence-electron chi connectivity index (χ3n) is 3.86. The Hall–Kier alpha value is -0.650. The summed E-state index contributed by atoms with van der Waals surface area (Å²) in [6, 6.07) is 0.765. The second-order valence-corrected chi connectivity index (χ2v) is 5.08. The number of hydrogen-bond donors (Lipinski definition) is 2. The van der Waals surface area contributed by atoms with E-state index >= 15 is 0 Å². The fourth-order valence-corrected chi connectivity index (χ4v) is 2.59. The molecule has 1 heterocycles. The molecule has 1 aliphatic heterocycles. The summed E-state index contributed by atoms with van der Waals surface area (Å²) in [5.41, 5.74) is 5.83. The summed E-state index contributed by atoms with van der Waals surface area (Å²) in [5, 5.41) is 2.85. The Morgan fingerprint density at radius 2 is 2.17 bits per heavy atom. The van der Waals surface area contributed by atoms with Crippen molar-refractivity contribution in [2.24, 2.45) is 5.73 Å². The number of rotatable bonds is 6. The van der Waals surface area contributed by atoms with Crippen molar-refractivity contribution in [3.05, 3.63) is 0 Å². The molecule has 106 valence electrons. The lowest BCUT2D eigenvalue weighted by Gasteiger charge is -2.42. The number of carbonyl (C=O) groups is 1. The molecule has 18 heavy (non-hydrogen) atoms. The molecular weight excluding hydrogens is 228 g/mol. The zero-order chi connectivity index (χ0) is 13.5. The van der Waals surface area contributed by atoms with Crippen LogP contribution >= 0.6 is 0 Å². The molecule has 5 heteroatoms. The Bertz CT molecular complexity index is 259. The SMILES string of the molecule is CCNC(=O)CC(CN)N1CCN(C)C(CC)C1. The van der Waals surface area contributed by atoms with E-state index in [0.29, 0.717) is 25.6 Å². The monoisotopic (exact) mass is 256 g/mol. The molecule has 1 amide bonds. The van der Waals surface area contributed by atoms with Gasteiger partial charge in [-0.3, -0.25) is 9.69 Å². The van der Waals surface area contributed by atoms with E-state index in [1.807, 2.05) is 6.92 Å². The van der Waals surface area contributed by atoms with Crippen molar-refractivity contribution in [3.63, 3.8) is 0 Å². The van der Waals surface area contributed by atoms with E-state index in [4.69, 9.17) is 5.73 Å². The van der Waals surface area contributed by atoms with Crippen molar-refractivity contribution in [1.29, 1.82) is 0 Å². The number of likely N-dealkylation sites (N-methyl/N-ethyl adjacent to an activating group) is 1. The maximum atomic E-state index is 11.7. The lowest BCUT2D eigenvalue weighted by molar-refractivity contribution is -0.122. The molecule has 0 bridgehead atoms. The quantitative estimate of drug-likeness (QED) is 0.695. The van der Waals surface area contributed by atoms with Gasteiger partial charge in [-0.15, -0.1) is 0 Å². The highest BCUT2D eigenvalue weighted by atomic mass is 16.1. The van der Waals surface area contributed by atoms with Gasteiger partial charge < -0.3 is 16.0 Å². The van der Waals surface area contributed by atoms with Crippen LogP contribution in [0, 0.1) is 0 Å². The number of amides is 1. The molecule has 0 aromatic heterocycles. The van der Waals surface area contributed by atoms with E-state index in [-0.39, 0.29) is 11.9 Å². The molecule has 0 aliphatic carbocycles. The number of carbonyl (C=O) groups excluding carboxylic acids is 1. The fourth-order valence-electron chi connectivity index (χ4n) is 2.59. The average molecular weight is 256 g/mol. The van der Waals surface area contributed by atoms with E-state index in [0.717, 1.165) is 26.1 Å². The van der Waals surface area contributed by atoms with Crippen LogP contribution in [0.2, 0.25) is 0 Å². The molecule has 1 aliphatic rings. The predicted octanol–water partition coefficient (Wildman–Crippen LogP) is -0.134. The van der Waals surface area contributed by atoms with Gasteiger partial charge in [0, 0.05) is 51.2 Å². The number of nitrogens with zero attached hydrogens (tertiary/aromatic N) is 2. The van der Waals surface area contributed by atoms with Gasteiger partial charge in [0.25, 0.3) is 0 Å². The van der Waals surface area contributed by atoms with Crippen molar-refractivity contribution in [3.8, 4) is 0 Å². The van der Waals surface area contributed by atoms with Crippen LogP contribution in [-0.4, -0.2) is 67.6 Å². The highest BCUT2D eigenvalue weighted by molar-refractivity contribution is 5.76. The number of nitrogens with two attached hydrogens (primary N) is 1. The molecule has 0 spiro atoms. The Balaban J connectivity index is 2.52. The van der Waals surface area contributed by atoms with Crippen LogP contribution < -0.4 is 11.1 Å². The molecule has 0 aromatic rings.